The minimum Gasteiger partial charge on any atom is -0.459 e. The summed E-state index contributed by atoms with van der Waals surface area (Å²) in [5, 5.41) is 11.6. The molecule has 0 aliphatic heterocycles. The van der Waals surface area contributed by atoms with Crippen molar-refractivity contribution in [3.8, 4) is 6.07 Å². The van der Waals surface area contributed by atoms with Gasteiger partial charge in [-0.05, 0) is 50.6 Å². The van der Waals surface area contributed by atoms with Crippen molar-refractivity contribution in [2.24, 2.45) is 0 Å². The highest BCUT2D eigenvalue weighted by Crippen LogP contribution is 2.30. The Hall–Kier alpha value is -3.06. The number of aromatic nitrogens is 1. The van der Waals surface area contributed by atoms with Crippen molar-refractivity contribution in [3.63, 3.8) is 0 Å². The Morgan fingerprint density at radius 2 is 1.92 bits per heavy atom. The number of nitriles is 1. The van der Waals surface area contributed by atoms with Crippen LogP contribution < -0.4 is 0 Å². The lowest BCUT2D eigenvalue weighted by atomic mass is 10.1. The number of carbonyl (C=O) groups excluding carboxylic acids is 1. The van der Waals surface area contributed by atoms with E-state index in [9.17, 15) is 10.1 Å². The van der Waals surface area contributed by atoms with Crippen molar-refractivity contribution in [3.05, 3.63) is 53.6 Å². The van der Waals surface area contributed by atoms with E-state index >= 15 is 0 Å². The number of carbonyl (C=O) groups is 1. The summed E-state index contributed by atoms with van der Waals surface area (Å²) in [5.74, 6) is -0.589. The van der Waals surface area contributed by atoms with Crippen molar-refractivity contribution in [1.82, 2.24) is 4.57 Å². The summed E-state index contributed by atoms with van der Waals surface area (Å²) in [4.78, 5) is 12.0. The van der Waals surface area contributed by atoms with Crippen LogP contribution in [0.5, 0.6) is 0 Å². The largest absolute Gasteiger partial charge is 0.459 e. The fourth-order valence-corrected chi connectivity index (χ4v) is 3.08. The number of para-hydroxylation sites is 1. The SMILES string of the molecule is CCn1c2ccccc2c2cc(/C=C(/C#N)C(=O)OC(C)C)ccc21. The molecule has 25 heavy (non-hydrogen) atoms. The molecule has 1 aromatic heterocycles. The second-order valence-electron chi connectivity index (χ2n) is 6.16. The number of fused-ring (bicyclic) bond motifs is 3. The van der Waals surface area contributed by atoms with Gasteiger partial charge < -0.3 is 9.30 Å². The summed E-state index contributed by atoms with van der Waals surface area (Å²) in [7, 11) is 0. The molecule has 1 heterocycles. The third kappa shape index (κ3) is 3.14. The summed E-state index contributed by atoms with van der Waals surface area (Å²) in [6, 6.07) is 16.2. The first-order valence-electron chi connectivity index (χ1n) is 8.39. The molecule has 2 aromatic carbocycles. The van der Waals surface area contributed by atoms with Gasteiger partial charge in [0.2, 0.25) is 0 Å². The summed E-state index contributed by atoms with van der Waals surface area (Å²) >= 11 is 0. The summed E-state index contributed by atoms with van der Waals surface area (Å²) in [6.45, 7) is 6.52. The number of aryl methyl sites for hydroxylation is 1. The summed E-state index contributed by atoms with van der Waals surface area (Å²) in [5.41, 5.74) is 3.14. The van der Waals surface area contributed by atoms with Crippen LogP contribution in [-0.2, 0) is 16.1 Å². The molecule has 0 spiro atoms. The van der Waals surface area contributed by atoms with Crippen LogP contribution in [0.2, 0.25) is 0 Å². The molecule has 3 rings (SSSR count). The monoisotopic (exact) mass is 332 g/mol. The molecule has 0 fully saturated rings. The average Bonchev–Trinajstić information content (AvgIpc) is 2.92. The van der Waals surface area contributed by atoms with Crippen LogP contribution in [0.15, 0.2) is 48.0 Å². The van der Waals surface area contributed by atoms with Gasteiger partial charge in [-0.2, -0.15) is 5.26 Å². The van der Waals surface area contributed by atoms with E-state index in [4.69, 9.17) is 4.74 Å². The van der Waals surface area contributed by atoms with Crippen LogP contribution >= 0.6 is 0 Å². The van der Waals surface area contributed by atoms with Crippen LogP contribution in [0.1, 0.15) is 26.3 Å². The van der Waals surface area contributed by atoms with Gasteiger partial charge in [-0.15, -0.1) is 0 Å². The van der Waals surface area contributed by atoms with Gasteiger partial charge in [0.15, 0.2) is 0 Å². The van der Waals surface area contributed by atoms with E-state index in [0.29, 0.717) is 0 Å². The molecule has 0 amide bonds. The van der Waals surface area contributed by atoms with E-state index in [1.165, 1.54) is 5.52 Å². The molecule has 4 nitrogen and oxygen atoms in total. The van der Waals surface area contributed by atoms with Crippen LogP contribution in [0.3, 0.4) is 0 Å². The lowest BCUT2D eigenvalue weighted by Gasteiger charge is -2.06. The second-order valence-corrected chi connectivity index (χ2v) is 6.16. The first-order chi connectivity index (χ1) is 12.0. The molecule has 0 aliphatic carbocycles. The van der Waals surface area contributed by atoms with Crippen LogP contribution in [0.25, 0.3) is 27.9 Å². The van der Waals surface area contributed by atoms with Crippen molar-refractivity contribution in [2.45, 2.75) is 33.4 Å². The molecule has 0 bridgehead atoms. The molecule has 0 saturated heterocycles. The van der Waals surface area contributed by atoms with Crippen LogP contribution in [0.4, 0.5) is 0 Å². The minimum absolute atomic E-state index is 0.00674. The molecule has 0 atom stereocenters. The predicted octanol–water partition coefficient (Wildman–Crippen LogP) is 4.67. The van der Waals surface area contributed by atoms with Crippen LogP contribution in [0, 0.1) is 11.3 Å². The van der Waals surface area contributed by atoms with E-state index in [1.54, 1.807) is 19.9 Å². The molecular weight excluding hydrogens is 312 g/mol. The number of hydrogen-bond acceptors (Lipinski definition) is 3. The molecule has 0 radical (unpaired) electrons. The van der Waals surface area contributed by atoms with Gasteiger partial charge in [0.1, 0.15) is 11.6 Å². The Balaban J connectivity index is 2.13. The number of nitrogens with zero attached hydrogens (tertiary/aromatic N) is 2. The second kappa shape index (κ2) is 6.82. The molecule has 0 aliphatic rings. The Morgan fingerprint density at radius 1 is 1.20 bits per heavy atom. The topological polar surface area (TPSA) is 55.0 Å². The van der Waals surface area contributed by atoms with E-state index in [1.807, 2.05) is 36.4 Å². The van der Waals surface area contributed by atoms with Gasteiger partial charge in [-0.25, -0.2) is 4.79 Å². The molecule has 0 saturated carbocycles. The molecule has 4 heteroatoms. The minimum atomic E-state index is -0.589. The smallest absolute Gasteiger partial charge is 0.349 e. The number of benzene rings is 2. The van der Waals surface area contributed by atoms with E-state index < -0.39 is 5.97 Å². The quantitative estimate of drug-likeness (QED) is 0.396. The van der Waals surface area contributed by atoms with Crippen molar-refractivity contribution >= 4 is 33.9 Å². The first-order valence-corrected chi connectivity index (χ1v) is 8.39. The van der Waals surface area contributed by atoms with Crippen LogP contribution in [-0.4, -0.2) is 16.6 Å². The Morgan fingerprint density at radius 3 is 2.60 bits per heavy atom. The summed E-state index contributed by atoms with van der Waals surface area (Å²) < 4.78 is 7.38. The zero-order valence-electron chi connectivity index (χ0n) is 14.6. The lowest BCUT2D eigenvalue weighted by molar-refractivity contribution is -0.142. The third-order valence-electron chi connectivity index (χ3n) is 4.11. The zero-order valence-corrected chi connectivity index (χ0v) is 14.6. The maximum absolute atomic E-state index is 12.0. The molecule has 3 aromatic rings. The van der Waals surface area contributed by atoms with Gasteiger partial charge in [0.25, 0.3) is 0 Å². The van der Waals surface area contributed by atoms with Gasteiger partial charge >= 0.3 is 5.97 Å². The Bertz CT molecular complexity index is 1020. The van der Waals surface area contributed by atoms with Gasteiger partial charge in [-0.1, -0.05) is 24.3 Å². The highest BCUT2D eigenvalue weighted by Gasteiger charge is 2.13. The van der Waals surface area contributed by atoms with Gasteiger partial charge in [0, 0.05) is 28.4 Å². The molecule has 0 N–H and O–H groups in total. The fourth-order valence-electron chi connectivity index (χ4n) is 3.08. The predicted molar refractivity (Wildman–Crippen MR) is 99.9 cm³/mol. The number of hydrogen-bond donors (Lipinski definition) is 0. The van der Waals surface area contributed by atoms with Crippen molar-refractivity contribution in [1.29, 1.82) is 5.26 Å². The highest BCUT2D eigenvalue weighted by atomic mass is 16.5. The average molecular weight is 332 g/mol. The Kier molecular flexibility index (Phi) is 4.58. The molecular formula is C21H20N2O2. The van der Waals surface area contributed by atoms with Gasteiger partial charge in [-0.3, -0.25) is 0 Å². The molecule has 0 unspecified atom stereocenters. The fraction of sp³-hybridized carbons (Fsp3) is 0.238. The number of esters is 1. The van der Waals surface area contributed by atoms with E-state index in [0.717, 1.165) is 28.4 Å². The van der Waals surface area contributed by atoms with Gasteiger partial charge in [0.05, 0.1) is 6.10 Å². The third-order valence-corrected chi connectivity index (χ3v) is 4.11. The molecule has 126 valence electrons. The van der Waals surface area contributed by atoms with Crippen molar-refractivity contribution < 1.29 is 9.53 Å². The Labute approximate surface area is 146 Å². The maximum atomic E-state index is 12.0. The normalized spacial score (nSPS) is 11.9. The lowest BCUT2D eigenvalue weighted by Crippen LogP contribution is -2.12. The van der Waals surface area contributed by atoms with Crippen molar-refractivity contribution in [2.75, 3.05) is 0 Å². The first kappa shape index (κ1) is 16.8. The highest BCUT2D eigenvalue weighted by molar-refractivity contribution is 6.09. The zero-order chi connectivity index (χ0) is 18.0. The maximum Gasteiger partial charge on any atom is 0.349 e. The number of rotatable bonds is 4. The standard InChI is InChI=1S/C21H20N2O2/c1-4-23-19-8-6-5-7-17(19)18-12-15(9-10-20(18)23)11-16(13-22)21(24)25-14(2)3/h5-12,14H,4H2,1-3H3/b16-11-. The van der Waals surface area contributed by atoms with E-state index in [-0.39, 0.29) is 11.7 Å². The summed E-state index contributed by atoms with van der Waals surface area (Å²) in [6.07, 6.45) is 1.33. The number of ether oxygens (including phenoxy) is 1. The van der Waals surface area contributed by atoms with E-state index in [2.05, 4.69) is 23.6 Å².